The van der Waals surface area contributed by atoms with E-state index in [0.717, 1.165) is 20.1 Å². The number of nitrogens with zero attached hydrogens (tertiary/aromatic N) is 1. The normalized spacial score (nSPS) is 11.0. The Balaban J connectivity index is 2.88. The summed E-state index contributed by atoms with van der Waals surface area (Å²) in [7, 11) is 0. The van der Waals surface area contributed by atoms with Gasteiger partial charge >= 0.3 is 0 Å². The maximum Gasteiger partial charge on any atom is 0.181 e. The second kappa shape index (κ2) is 2.09. The Labute approximate surface area is 71.7 Å². The highest BCUT2D eigenvalue weighted by molar-refractivity contribution is 7.31. The molecule has 2 rings (SSSR count). The van der Waals surface area contributed by atoms with Gasteiger partial charge in [-0.1, -0.05) is 22.7 Å². The topological polar surface area (TPSA) is 64.9 Å². The Kier molecular flexibility index (Phi) is 1.30. The highest BCUT2D eigenvalue weighted by Crippen LogP contribution is 2.37. The molecule has 3 nitrogen and oxygen atoms in total. The molecule has 0 saturated carbocycles. The number of thiazole rings is 1. The predicted octanol–water partition coefficient (Wildman–Crippen LogP) is 1.83. The third kappa shape index (κ3) is 0.883. The molecular formula is C6H7N3S2. The van der Waals surface area contributed by atoms with Crippen LogP contribution in [0.3, 0.4) is 0 Å². The molecule has 4 N–H and O–H groups in total. The lowest BCUT2D eigenvalue weighted by Crippen LogP contribution is -1.81. The maximum atomic E-state index is 5.69. The van der Waals surface area contributed by atoms with Crippen LogP contribution in [0, 0.1) is 6.92 Å². The van der Waals surface area contributed by atoms with E-state index in [1.165, 1.54) is 22.7 Å². The quantitative estimate of drug-likeness (QED) is 0.658. The number of hydrogen-bond donors (Lipinski definition) is 2. The molecule has 0 aliphatic carbocycles. The zero-order chi connectivity index (χ0) is 8.01. The van der Waals surface area contributed by atoms with Crippen LogP contribution in [0.1, 0.15) is 5.56 Å². The predicted molar refractivity (Wildman–Crippen MR) is 51.1 cm³/mol. The van der Waals surface area contributed by atoms with E-state index >= 15 is 0 Å². The number of rotatable bonds is 0. The second-order valence-electron chi connectivity index (χ2n) is 2.28. The van der Waals surface area contributed by atoms with Gasteiger partial charge in [-0.15, -0.1) is 0 Å². The van der Waals surface area contributed by atoms with Gasteiger partial charge in [0.15, 0.2) is 5.13 Å². The van der Waals surface area contributed by atoms with Crippen molar-refractivity contribution >= 4 is 42.3 Å². The third-order valence-corrected chi connectivity index (χ3v) is 3.68. The molecule has 0 aromatic carbocycles. The van der Waals surface area contributed by atoms with E-state index in [0.29, 0.717) is 5.13 Å². The monoisotopic (exact) mass is 185 g/mol. The van der Waals surface area contributed by atoms with E-state index in [4.69, 9.17) is 11.5 Å². The molecular weight excluding hydrogens is 178 g/mol. The molecule has 0 aliphatic rings. The first-order valence-corrected chi connectivity index (χ1v) is 4.72. The average molecular weight is 185 g/mol. The van der Waals surface area contributed by atoms with E-state index < -0.39 is 0 Å². The summed E-state index contributed by atoms with van der Waals surface area (Å²) in [5, 5.41) is 1.47. The van der Waals surface area contributed by atoms with Crippen LogP contribution in [-0.4, -0.2) is 4.98 Å². The summed E-state index contributed by atoms with van der Waals surface area (Å²) in [5.74, 6) is 0. The minimum absolute atomic E-state index is 0.620. The Morgan fingerprint density at radius 3 is 2.64 bits per heavy atom. The molecule has 58 valence electrons. The molecule has 2 heterocycles. The highest BCUT2D eigenvalue weighted by Gasteiger charge is 2.09. The number of aryl methyl sites for hydroxylation is 1. The average Bonchev–Trinajstić information content (AvgIpc) is 2.37. The van der Waals surface area contributed by atoms with Gasteiger partial charge in [-0.25, -0.2) is 4.98 Å². The number of fused-ring (bicyclic) bond motifs is 1. The Bertz CT molecular complexity index is 401. The Morgan fingerprint density at radius 2 is 2.00 bits per heavy atom. The molecule has 5 heteroatoms. The fourth-order valence-corrected chi connectivity index (χ4v) is 2.89. The van der Waals surface area contributed by atoms with Crippen molar-refractivity contribution in [3.63, 3.8) is 0 Å². The van der Waals surface area contributed by atoms with Crippen LogP contribution >= 0.6 is 22.7 Å². The summed E-state index contributed by atoms with van der Waals surface area (Å²) in [5.41, 5.74) is 12.3. The number of nitrogen functional groups attached to an aromatic ring is 2. The lowest BCUT2D eigenvalue weighted by atomic mass is 10.4. The van der Waals surface area contributed by atoms with Gasteiger partial charge in [0.1, 0.15) is 4.83 Å². The Hall–Kier alpha value is -0.810. The van der Waals surface area contributed by atoms with Gasteiger partial charge in [0.2, 0.25) is 0 Å². The fraction of sp³-hybridized carbons (Fsp3) is 0.167. The van der Waals surface area contributed by atoms with Gasteiger partial charge in [-0.05, 0) is 6.92 Å². The smallest absolute Gasteiger partial charge is 0.181 e. The number of thiophene rings is 1. The van der Waals surface area contributed by atoms with Crippen molar-refractivity contribution in [1.82, 2.24) is 4.98 Å². The molecule has 0 fully saturated rings. The first-order chi connectivity index (χ1) is 5.18. The van der Waals surface area contributed by atoms with Crippen LogP contribution in [0.5, 0.6) is 0 Å². The van der Waals surface area contributed by atoms with E-state index in [1.807, 2.05) is 6.92 Å². The van der Waals surface area contributed by atoms with Crippen molar-refractivity contribution in [3.8, 4) is 0 Å². The molecule has 0 radical (unpaired) electrons. The fourth-order valence-electron chi connectivity index (χ4n) is 0.921. The molecule has 0 unspecified atom stereocenters. The SMILES string of the molecule is Cc1c(N)sc2nc(N)sc12. The van der Waals surface area contributed by atoms with E-state index in [-0.39, 0.29) is 0 Å². The van der Waals surface area contributed by atoms with Crippen molar-refractivity contribution in [2.75, 3.05) is 11.5 Å². The van der Waals surface area contributed by atoms with Gasteiger partial charge in [0, 0.05) is 5.56 Å². The van der Waals surface area contributed by atoms with Gasteiger partial charge < -0.3 is 11.5 Å². The van der Waals surface area contributed by atoms with Gasteiger partial charge in [0.25, 0.3) is 0 Å². The second-order valence-corrected chi connectivity index (χ2v) is 4.34. The molecule has 0 saturated heterocycles. The summed E-state index contributed by atoms with van der Waals surface area (Å²) >= 11 is 2.99. The summed E-state index contributed by atoms with van der Waals surface area (Å²) in [6.45, 7) is 1.99. The standard InChI is InChI=1S/C6H7N3S2/c1-2-3-5(11-4(2)7)9-6(8)10-3/h7H2,1H3,(H2,8,9). The minimum Gasteiger partial charge on any atom is -0.390 e. The van der Waals surface area contributed by atoms with Crippen molar-refractivity contribution in [3.05, 3.63) is 5.56 Å². The molecule has 11 heavy (non-hydrogen) atoms. The third-order valence-electron chi connectivity index (χ3n) is 1.53. The van der Waals surface area contributed by atoms with E-state index in [9.17, 15) is 0 Å². The first-order valence-electron chi connectivity index (χ1n) is 3.09. The number of aromatic nitrogens is 1. The lowest BCUT2D eigenvalue weighted by Gasteiger charge is -1.84. The largest absolute Gasteiger partial charge is 0.390 e. The Morgan fingerprint density at radius 1 is 1.27 bits per heavy atom. The van der Waals surface area contributed by atoms with Crippen molar-refractivity contribution < 1.29 is 0 Å². The number of hydrogen-bond acceptors (Lipinski definition) is 5. The lowest BCUT2D eigenvalue weighted by molar-refractivity contribution is 1.53. The number of nitrogens with two attached hydrogens (primary N) is 2. The first kappa shape index (κ1) is 6.87. The van der Waals surface area contributed by atoms with Crippen molar-refractivity contribution in [2.45, 2.75) is 6.92 Å². The molecule has 0 spiro atoms. The molecule has 0 aliphatic heterocycles. The van der Waals surface area contributed by atoms with E-state index in [1.54, 1.807) is 0 Å². The molecule has 2 aromatic rings. The summed E-state index contributed by atoms with van der Waals surface area (Å²) in [4.78, 5) is 5.09. The minimum atomic E-state index is 0.620. The van der Waals surface area contributed by atoms with Crippen LogP contribution in [-0.2, 0) is 0 Å². The zero-order valence-corrected chi connectivity index (χ0v) is 7.55. The van der Waals surface area contributed by atoms with Gasteiger partial charge in [0.05, 0.1) is 9.70 Å². The summed E-state index contributed by atoms with van der Waals surface area (Å²) < 4.78 is 1.13. The molecule has 0 bridgehead atoms. The van der Waals surface area contributed by atoms with Crippen LogP contribution < -0.4 is 11.5 Å². The molecule has 0 amide bonds. The van der Waals surface area contributed by atoms with Crippen LogP contribution in [0.4, 0.5) is 10.1 Å². The number of anilines is 2. The summed E-state index contributed by atoms with van der Waals surface area (Å²) in [6, 6.07) is 0. The van der Waals surface area contributed by atoms with E-state index in [2.05, 4.69) is 4.98 Å². The van der Waals surface area contributed by atoms with Gasteiger partial charge in [-0.2, -0.15) is 0 Å². The van der Waals surface area contributed by atoms with Crippen molar-refractivity contribution in [1.29, 1.82) is 0 Å². The van der Waals surface area contributed by atoms with Crippen molar-refractivity contribution in [2.24, 2.45) is 0 Å². The van der Waals surface area contributed by atoms with Crippen LogP contribution in [0.15, 0.2) is 0 Å². The van der Waals surface area contributed by atoms with Crippen LogP contribution in [0.2, 0.25) is 0 Å². The zero-order valence-electron chi connectivity index (χ0n) is 5.92. The maximum absolute atomic E-state index is 5.69. The van der Waals surface area contributed by atoms with Crippen LogP contribution in [0.25, 0.3) is 9.53 Å². The van der Waals surface area contributed by atoms with Gasteiger partial charge in [-0.3, -0.25) is 0 Å². The highest BCUT2D eigenvalue weighted by atomic mass is 32.1. The summed E-state index contributed by atoms with van der Waals surface area (Å²) in [6.07, 6.45) is 0. The molecule has 0 atom stereocenters. The molecule has 2 aromatic heterocycles.